The monoisotopic (exact) mass is 289 g/mol. The predicted octanol–water partition coefficient (Wildman–Crippen LogP) is 1.99. The molecule has 0 saturated heterocycles. The van der Waals surface area contributed by atoms with Crippen LogP contribution in [0, 0.1) is 0 Å². The summed E-state index contributed by atoms with van der Waals surface area (Å²) in [6, 6.07) is 4.40. The summed E-state index contributed by atoms with van der Waals surface area (Å²) >= 11 is 0. The Hall–Kier alpha value is -2.37. The van der Waals surface area contributed by atoms with Crippen molar-refractivity contribution < 1.29 is 14.7 Å². The van der Waals surface area contributed by atoms with E-state index in [-0.39, 0.29) is 11.5 Å². The second-order valence-electron chi connectivity index (χ2n) is 4.95. The quantitative estimate of drug-likeness (QED) is 0.881. The van der Waals surface area contributed by atoms with Gasteiger partial charge in [-0.1, -0.05) is 6.92 Å². The van der Waals surface area contributed by atoms with Gasteiger partial charge in [-0.25, -0.2) is 9.78 Å². The van der Waals surface area contributed by atoms with Gasteiger partial charge in [0.1, 0.15) is 11.9 Å². The van der Waals surface area contributed by atoms with Gasteiger partial charge in [-0.2, -0.15) is 0 Å². The molecule has 0 aliphatic rings. The highest BCUT2D eigenvalue weighted by Crippen LogP contribution is 2.23. The fourth-order valence-corrected chi connectivity index (χ4v) is 2.44. The fourth-order valence-electron chi connectivity index (χ4n) is 2.44. The van der Waals surface area contributed by atoms with Gasteiger partial charge in [0.2, 0.25) is 5.91 Å². The number of fused-ring (bicyclic) bond motifs is 1. The Kier molecular flexibility index (Phi) is 4.26. The van der Waals surface area contributed by atoms with Gasteiger partial charge in [-0.3, -0.25) is 4.79 Å². The SMILES string of the molecule is CCCc1nc2cc(C(=O)O)ccc2n1C(C)C(=O)NC. The second-order valence-corrected chi connectivity index (χ2v) is 4.95. The minimum atomic E-state index is -0.983. The van der Waals surface area contributed by atoms with Crippen molar-refractivity contribution in [2.24, 2.45) is 0 Å². The van der Waals surface area contributed by atoms with Crippen LogP contribution in [0.25, 0.3) is 11.0 Å². The third-order valence-electron chi connectivity index (χ3n) is 3.50. The van der Waals surface area contributed by atoms with E-state index >= 15 is 0 Å². The number of aromatic nitrogens is 2. The lowest BCUT2D eigenvalue weighted by Crippen LogP contribution is -2.28. The van der Waals surface area contributed by atoms with E-state index in [4.69, 9.17) is 5.11 Å². The molecule has 0 aliphatic heterocycles. The molecule has 21 heavy (non-hydrogen) atoms. The average molecular weight is 289 g/mol. The van der Waals surface area contributed by atoms with Gasteiger partial charge >= 0.3 is 5.97 Å². The maximum Gasteiger partial charge on any atom is 0.335 e. The first-order valence-electron chi connectivity index (χ1n) is 6.95. The molecule has 0 fully saturated rings. The van der Waals surface area contributed by atoms with Crippen molar-refractivity contribution in [3.05, 3.63) is 29.6 Å². The minimum Gasteiger partial charge on any atom is -0.478 e. The number of hydrogen-bond donors (Lipinski definition) is 2. The molecule has 1 amide bonds. The van der Waals surface area contributed by atoms with E-state index in [0.29, 0.717) is 5.52 Å². The van der Waals surface area contributed by atoms with E-state index in [2.05, 4.69) is 10.3 Å². The molecule has 2 N–H and O–H groups in total. The third-order valence-corrected chi connectivity index (χ3v) is 3.50. The van der Waals surface area contributed by atoms with Crippen molar-refractivity contribution in [3.8, 4) is 0 Å². The molecular formula is C15H19N3O3. The Morgan fingerprint density at radius 3 is 2.71 bits per heavy atom. The van der Waals surface area contributed by atoms with Gasteiger partial charge in [-0.05, 0) is 31.5 Å². The van der Waals surface area contributed by atoms with Crippen LogP contribution >= 0.6 is 0 Å². The summed E-state index contributed by atoms with van der Waals surface area (Å²) < 4.78 is 1.88. The highest BCUT2D eigenvalue weighted by atomic mass is 16.4. The molecule has 1 unspecified atom stereocenters. The maximum absolute atomic E-state index is 11.9. The molecular weight excluding hydrogens is 270 g/mol. The van der Waals surface area contributed by atoms with Crippen LogP contribution in [-0.2, 0) is 11.2 Å². The molecule has 0 spiro atoms. The van der Waals surface area contributed by atoms with Gasteiger partial charge in [0.05, 0.1) is 16.6 Å². The van der Waals surface area contributed by atoms with Crippen LogP contribution in [0.5, 0.6) is 0 Å². The number of nitrogens with one attached hydrogen (secondary N) is 1. The number of carboxylic acid groups (broad SMARTS) is 1. The van der Waals surface area contributed by atoms with E-state index in [9.17, 15) is 9.59 Å². The van der Waals surface area contributed by atoms with E-state index in [0.717, 1.165) is 24.2 Å². The van der Waals surface area contributed by atoms with Crippen LogP contribution < -0.4 is 5.32 Å². The Balaban J connectivity index is 2.62. The van der Waals surface area contributed by atoms with E-state index in [1.165, 1.54) is 6.07 Å². The molecule has 1 atom stereocenters. The normalized spacial score (nSPS) is 12.3. The highest BCUT2D eigenvalue weighted by molar-refractivity contribution is 5.93. The number of carbonyl (C=O) groups is 2. The summed E-state index contributed by atoms with van der Waals surface area (Å²) in [6.07, 6.45) is 1.63. The number of rotatable bonds is 5. The first-order valence-corrected chi connectivity index (χ1v) is 6.95. The Bertz CT molecular complexity index is 691. The zero-order chi connectivity index (χ0) is 15.6. The number of aryl methyl sites for hydroxylation is 1. The van der Waals surface area contributed by atoms with Crippen LogP contribution in [0.2, 0.25) is 0 Å². The smallest absolute Gasteiger partial charge is 0.335 e. The summed E-state index contributed by atoms with van der Waals surface area (Å²) in [5.41, 5.74) is 1.58. The molecule has 0 aliphatic carbocycles. The maximum atomic E-state index is 11.9. The summed E-state index contributed by atoms with van der Waals surface area (Å²) in [6.45, 7) is 3.85. The number of amides is 1. The van der Waals surface area contributed by atoms with Crippen LogP contribution in [0.1, 0.15) is 42.5 Å². The summed E-state index contributed by atoms with van der Waals surface area (Å²) in [5, 5.41) is 11.7. The largest absolute Gasteiger partial charge is 0.478 e. The highest BCUT2D eigenvalue weighted by Gasteiger charge is 2.20. The lowest BCUT2D eigenvalue weighted by atomic mass is 10.2. The molecule has 2 aromatic rings. The minimum absolute atomic E-state index is 0.103. The zero-order valence-corrected chi connectivity index (χ0v) is 12.4. The van der Waals surface area contributed by atoms with E-state index in [1.54, 1.807) is 19.2 Å². The summed E-state index contributed by atoms with van der Waals surface area (Å²) in [4.78, 5) is 27.5. The molecule has 6 heteroatoms. The van der Waals surface area contributed by atoms with Gasteiger partial charge < -0.3 is 15.0 Å². The standard InChI is InChI=1S/C15H19N3O3/c1-4-5-13-17-11-8-10(15(20)21)6-7-12(11)18(13)9(2)14(19)16-3/h6-9H,4-5H2,1-3H3,(H,16,19)(H,20,21). The molecule has 0 saturated carbocycles. The van der Waals surface area contributed by atoms with Crippen molar-refractivity contribution in [1.82, 2.24) is 14.9 Å². The van der Waals surface area contributed by atoms with Crippen molar-refractivity contribution in [3.63, 3.8) is 0 Å². The lowest BCUT2D eigenvalue weighted by molar-refractivity contribution is -0.123. The summed E-state index contributed by atoms with van der Waals surface area (Å²) in [7, 11) is 1.60. The molecule has 2 rings (SSSR count). The lowest BCUT2D eigenvalue weighted by Gasteiger charge is -2.16. The van der Waals surface area contributed by atoms with Crippen LogP contribution in [0.15, 0.2) is 18.2 Å². The number of nitrogens with zero attached hydrogens (tertiary/aromatic N) is 2. The number of hydrogen-bond acceptors (Lipinski definition) is 3. The van der Waals surface area contributed by atoms with Gasteiger partial charge in [0.25, 0.3) is 0 Å². The van der Waals surface area contributed by atoms with E-state index in [1.807, 2.05) is 18.4 Å². The van der Waals surface area contributed by atoms with Crippen molar-refractivity contribution in [2.75, 3.05) is 7.05 Å². The van der Waals surface area contributed by atoms with Gasteiger partial charge in [-0.15, -0.1) is 0 Å². The Morgan fingerprint density at radius 1 is 1.43 bits per heavy atom. The van der Waals surface area contributed by atoms with Crippen LogP contribution in [-0.4, -0.2) is 33.6 Å². The topological polar surface area (TPSA) is 84.2 Å². The number of benzene rings is 1. The van der Waals surface area contributed by atoms with Gasteiger partial charge in [0.15, 0.2) is 0 Å². The molecule has 6 nitrogen and oxygen atoms in total. The first kappa shape index (κ1) is 15.0. The molecule has 1 aromatic carbocycles. The van der Waals surface area contributed by atoms with Crippen molar-refractivity contribution >= 4 is 22.9 Å². The molecule has 0 radical (unpaired) electrons. The van der Waals surface area contributed by atoms with Crippen LogP contribution in [0.3, 0.4) is 0 Å². The average Bonchev–Trinajstić information content (AvgIpc) is 2.82. The van der Waals surface area contributed by atoms with Crippen LogP contribution in [0.4, 0.5) is 0 Å². The number of carboxylic acids is 1. The molecule has 0 bridgehead atoms. The Morgan fingerprint density at radius 2 is 2.14 bits per heavy atom. The molecule has 1 aromatic heterocycles. The molecule has 1 heterocycles. The third kappa shape index (κ3) is 2.74. The fraction of sp³-hybridized carbons (Fsp3) is 0.400. The number of likely N-dealkylation sites (N-methyl/N-ethyl adjacent to an activating group) is 1. The summed E-state index contributed by atoms with van der Waals surface area (Å²) in [5.74, 6) is -0.289. The van der Waals surface area contributed by atoms with Gasteiger partial charge in [0, 0.05) is 13.5 Å². The van der Waals surface area contributed by atoms with Crippen molar-refractivity contribution in [1.29, 1.82) is 0 Å². The van der Waals surface area contributed by atoms with Crippen molar-refractivity contribution in [2.45, 2.75) is 32.7 Å². The predicted molar refractivity (Wildman–Crippen MR) is 79.5 cm³/mol. The molecule has 112 valence electrons. The zero-order valence-electron chi connectivity index (χ0n) is 12.4. The Labute approximate surface area is 122 Å². The first-order chi connectivity index (χ1) is 9.99. The number of carbonyl (C=O) groups excluding carboxylic acids is 1. The van der Waals surface area contributed by atoms with E-state index < -0.39 is 12.0 Å². The number of aromatic carboxylic acids is 1. The number of imidazole rings is 1. The second kappa shape index (κ2) is 5.95.